The van der Waals surface area contributed by atoms with Gasteiger partial charge in [0.15, 0.2) is 0 Å². The van der Waals surface area contributed by atoms with E-state index < -0.39 is 0 Å². The smallest absolute Gasteiger partial charge is 0.118 e. The fourth-order valence-electron chi connectivity index (χ4n) is 1.90. The summed E-state index contributed by atoms with van der Waals surface area (Å²) in [4.78, 5) is 2.18. The SMILES string of the molecule is Cc1ccc(CN(C)Cc2c(N)cccc2Br)o1. The van der Waals surface area contributed by atoms with Gasteiger partial charge in [0.2, 0.25) is 0 Å². The predicted molar refractivity (Wildman–Crippen MR) is 77.2 cm³/mol. The predicted octanol–water partition coefficient (Wildman–Crippen LogP) is 3.56. The Labute approximate surface area is 116 Å². The summed E-state index contributed by atoms with van der Waals surface area (Å²) in [6.07, 6.45) is 0. The minimum Gasteiger partial charge on any atom is -0.465 e. The third kappa shape index (κ3) is 3.15. The van der Waals surface area contributed by atoms with E-state index in [0.29, 0.717) is 0 Å². The van der Waals surface area contributed by atoms with E-state index in [1.54, 1.807) is 0 Å². The summed E-state index contributed by atoms with van der Waals surface area (Å²) in [5, 5.41) is 0. The maximum atomic E-state index is 5.99. The minimum absolute atomic E-state index is 0.772. The van der Waals surface area contributed by atoms with Gasteiger partial charge < -0.3 is 10.2 Å². The monoisotopic (exact) mass is 308 g/mol. The number of hydrogen-bond donors (Lipinski definition) is 1. The molecule has 0 aliphatic rings. The van der Waals surface area contributed by atoms with Gasteiger partial charge in [0.1, 0.15) is 11.5 Å². The van der Waals surface area contributed by atoms with Crippen LogP contribution in [0.15, 0.2) is 39.2 Å². The van der Waals surface area contributed by atoms with Crippen molar-refractivity contribution in [1.29, 1.82) is 0 Å². The van der Waals surface area contributed by atoms with E-state index in [2.05, 4.69) is 27.9 Å². The van der Waals surface area contributed by atoms with Crippen molar-refractivity contribution in [2.45, 2.75) is 20.0 Å². The van der Waals surface area contributed by atoms with Gasteiger partial charge in [0, 0.05) is 22.3 Å². The van der Waals surface area contributed by atoms with Gasteiger partial charge in [0.25, 0.3) is 0 Å². The van der Waals surface area contributed by atoms with E-state index in [0.717, 1.165) is 40.3 Å². The summed E-state index contributed by atoms with van der Waals surface area (Å²) in [6, 6.07) is 9.87. The van der Waals surface area contributed by atoms with Crippen molar-refractivity contribution in [3.05, 3.63) is 51.9 Å². The lowest BCUT2D eigenvalue weighted by molar-refractivity contribution is 0.285. The minimum atomic E-state index is 0.772. The van der Waals surface area contributed by atoms with Gasteiger partial charge in [-0.25, -0.2) is 0 Å². The van der Waals surface area contributed by atoms with Crippen LogP contribution in [0.5, 0.6) is 0 Å². The first-order valence-corrected chi connectivity index (χ1v) is 6.62. The third-order valence-electron chi connectivity index (χ3n) is 2.80. The first-order valence-electron chi connectivity index (χ1n) is 5.83. The Balaban J connectivity index is 2.05. The van der Waals surface area contributed by atoms with Gasteiger partial charge in [0.05, 0.1) is 6.54 Å². The molecule has 2 rings (SSSR count). The van der Waals surface area contributed by atoms with Crippen LogP contribution in [0.1, 0.15) is 17.1 Å². The van der Waals surface area contributed by atoms with Crippen LogP contribution < -0.4 is 5.73 Å². The van der Waals surface area contributed by atoms with Gasteiger partial charge >= 0.3 is 0 Å². The molecule has 4 heteroatoms. The molecule has 0 bridgehead atoms. The zero-order chi connectivity index (χ0) is 13.1. The van der Waals surface area contributed by atoms with E-state index >= 15 is 0 Å². The highest BCUT2D eigenvalue weighted by Gasteiger charge is 2.09. The molecule has 0 amide bonds. The Morgan fingerprint density at radius 1 is 1.22 bits per heavy atom. The second-order valence-electron chi connectivity index (χ2n) is 4.49. The zero-order valence-corrected chi connectivity index (χ0v) is 12.2. The molecule has 0 radical (unpaired) electrons. The molecule has 0 saturated carbocycles. The number of benzene rings is 1. The number of nitrogens with zero attached hydrogens (tertiary/aromatic N) is 1. The van der Waals surface area contributed by atoms with Crippen LogP contribution in [-0.2, 0) is 13.1 Å². The van der Waals surface area contributed by atoms with Crippen LogP contribution in [0, 0.1) is 6.92 Å². The van der Waals surface area contributed by atoms with Crippen molar-refractivity contribution in [1.82, 2.24) is 4.90 Å². The highest BCUT2D eigenvalue weighted by molar-refractivity contribution is 9.10. The van der Waals surface area contributed by atoms with Crippen LogP contribution in [0.25, 0.3) is 0 Å². The van der Waals surface area contributed by atoms with Crippen molar-refractivity contribution in [3.63, 3.8) is 0 Å². The topological polar surface area (TPSA) is 42.4 Å². The second kappa shape index (κ2) is 5.59. The molecule has 2 N–H and O–H groups in total. The van der Waals surface area contributed by atoms with Crippen molar-refractivity contribution >= 4 is 21.6 Å². The molecule has 2 aromatic rings. The van der Waals surface area contributed by atoms with Crippen LogP contribution in [0.2, 0.25) is 0 Å². The standard InChI is InChI=1S/C14H17BrN2O/c1-10-6-7-11(18-10)8-17(2)9-12-13(15)4-3-5-14(12)16/h3-7H,8-9,16H2,1-2H3. The van der Waals surface area contributed by atoms with E-state index in [-0.39, 0.29) is 0 Å². The van der Waals surface area contributed by atoms with Crippen LogP contribution >= 0.6 is 15.9 Å². The Hall–Kier alpha value is -1.26. The molecule has 0 unspecified atom stereocenters. The van der Waals surface area contributed by atoms with E-state index in [4.69, 9.17) is 10.2 Å². The first kappa shape index (κ1) is 13.2. The summed E-state index contributed by atoms with van der Waals surface area (Å²) in [5.41, 5.74) is 7.91. The number of aryl methyl sites for hydroxylation is 1. The Morgan fingerprint density at radius 3 is 2.61 bits per heavy atom. The van der Waals surface area contributed by atoms with Gasteiger partial charge in [-0.1, -0.05) is 22.0 Å². The van der Waals surface area contributed by atoms with Crippen LogP contribution in [-0.4, -0.2) is 11.9 Å². The van der Waals surface area contributed by atoms with E-state index in [9.17, 15) is 0 Å². The van der Waals surface area contributed by atoms with Gasteiger partial charge in [-0.15, -0.1) is 0 Å². The number of hydrogen-bond acceptors (Lipinski definition) is 3. The summed E-state index contributed by atoms with van der Waals surface area (Å²) in [6.45, 7) is 3.51. The Kier molecular flexibility index (Phi) is 4.09. The van der Waals surface area contributed by atoms with Crippen LogP contribution in [0.3, 0.4) is 0 Å². The summed E-state index contributed by atoms with van der Waals surface area (Å²) in [7, 11) is 2.05. The van der Waals surface area contributed by atoms with E-state index in [1.165, 1.54) is 0 Å². The number of halogens is 1. The molecule has 0 fully saturated rings. The maximum Gasteiger partial charge on any atom is 0.118 e. The molecule has 1 aromatic carbocycles. The zero-order valence-electron chi connectivity index (χ0n) is 10.6. The number of anilines is 1. The number of nitrogens with two attached hydrogens (primary N) is 1. The number of furan rings is 1. The molecular formula is C14H17BrN2O. The quantitative estimate of drug-likeness (QED) is 0.878. The molecule has 0 aliphatic carbocycles. The lowest BCUT2D eigenvalue weighted by Gasteiger charge is -2.17. The average molecular weight is 309 g/mol. The molecule has 3 nitrogen and oxygen atoms in total. The molecule has 18 heavy (non-hydrogen) atoms. The Morgan fingerprint density at radius 2 is 2.00 bits per heavy atom. The van der Waals surface area contributed by atoms with Gasteiger partial charge in [-0.3, -0.25) is 4.90 Å². The maximum absolute atomic E-state index is 5.99. The molecule has 1 aromatic heterocycles. The number of rotatable bonds is 4. The van der Waals surface area contributed by atoms with Crippen molar-refractivity contribution < 1.29 is 4.42 Å². The third-order valence-corrected chi connectivity index (χ3v) is 3.55. The molecule has 0 atom stereocenters. The largest absolute Gasteiger partial charge is 0.465 e. The molecule has 0 spiro atoms. The normalized spacial score (nSPS) is 11.1. The molecule has 96 valence electrons. The summed E-state index contributed by atoms with van der Waals surface area (Å²) < 4.78 is 6.61. The van der Waals surface area contributed by atoms with Crippen molar-refractivity contribution in [2.24, 2.45) is 0 Å². The Bertz CT molecular complexity index is 516. The lowest BCUT2D eigenvalue weighted by atomic mass is 10.1. The fraction of sp³-hybridized carbons (Fsp3) is 0.286. The molecule has 1 heterocycles. The van der Waals surface area contributed by atoms with Crippen LogP contribution in [0.4, 0.5) is 5.69 Å². The van der Waals surface area contributed by atoms with E-state index in [1.807, 2.05) is 37.3 Å². The highest BCUT2D eigenvalue weighted by Crippen LogP contribution is 2.24. The van der Waals surface area contributed by atoms with Gasteiger partial charge in [-0.2, -0.15) is 0 Å². The van der Waals surface area contributed by atoms with Crippen molar-refractivity contribution in [3.8, 4) is 0 Å². The van der Waals surface area contributed by atoms with Gasteiger partial charge in [-0.05, 0) is 38.2 Å². The molecular weight excluding hydrogens is 292 g/mol. The molecule has 0 aliphatic heterocycles. The summed E-state index contributed by atoms with van der Waals surface area (Å²) >= 11 is 3.54. The number of nitrogen functional groups attached to an aromatic ring is 1. The highest BCUT2D eigenvalue weighted by atomic mass is 79.9. The average Bonchev–Trinajstić information content (AvgIpc) is 2.69. The second-order valence-corrected chi connectivity index (χ2v) is 5.35. The summed E-state index contributed by atoms with van der Waals surface area (Å²) in [5.74, 6) is 1.92. The first-order chi connectivity index (χ1) is 8.56. The molecule has 0 saturated heterocycles. The lowest BCUT2D eigenvalue weighted by Crippen LogP contribution is -2.18. The fourth-order valence-corrected chi connectivity index (χ4v) is 2.41. The van der Waals surface area contributed by atoms with Crippen molar-refractivity contribution in [2.75, 3.05) is 12.8 Å².